The van der Waals surface area contributed by atoms with E-state index < -0.39 is 0 Å². The Bertz CT molecular complexity index is 1230. The SMILES string of the molecule is CCc1ccc(NC(=O)Cn2nc(-c3ccccc3)c3sc(C)nc3c2=O)cc1. The number of fused-ring (bicyclic) bond motifs is 1. The molecular weight excluding hydrogens is 384 g/mol. The summed E-state index contributed by atoms with van der Waals surface area (Å²) >= 11 is 1.43. The van der Waals surface area contributed by atoms with E-state index in [1.54, 1.807) is 0 Å². The highest BCUT2D eigenvalue weighted by molar-refractivity contribution is 7.19. The number of rotatable bonds is 5. The summed E-state index contributed by atoms with van der Waals surface area (Å²) in [7, 11) is 0. The van der Waals surface area contributed by atoms with Crippen molar-refractivity contribution >= 4 is 33.1 Å². The van der Waals surface area contributed by atoms with Crippen molar-refractivity contribution in [2.45, 2.75) is 26.8 Å². The third-order valence-electron chi connectivity index (χ3n) is 4.59. The number of carbonyl (C=O) groups is 1. The van der Waals surface area contributed by atoms with Gasteiger partial charge in [0.1, 0.15) is 12.2 Å². The molecule has 2 heterocycles. The average molecular weight is 404 g/mol. The smallest absolute Gasteiger partial charge is 0.294 e. The van der Waals surface area contributed by atoms with Gasteiger partial charge in [-0.15, -0.1) is 11.3 Å². The van der Waals surface area contributed by atoms with E-state index in [0.717, 1.165) is 21.7 Å². The summed E-state index contributed by atoms with van der Waals surface area (Å²) in [6.45, 7) is 3.75. The molecule has 1 N–H and O–H groups in total. The zero-order chi connectivity index (χ0) is 20.4. The maximum Gasteiger partial charge on any atom is 0.294 e. The number of thiazole rings is 1. The molecule has 0 saturated carbocycles. The molecule has 29 heavy (non-hydrogen) atoms. The fourth-order valence-corrected chi connectivity index (χ4v) is 4.04. The van der Waals surface area contributed by atoms with Gasteiger partial charge in [0.25, 0.3) is 5.56 Å². The predicted octanol–water partition coefficient (Wildman–Crippen LogP) is 4.03. The molecule has 1 amide bonds. The summed E-state index contributed by atoms with van der Waals surface area (Å²) in [5, 5.41) is 8.12. The Morgan fingerprint density at radius 3 is 2.52 bits per heavy atom. The van der Waals surface area contributed by atoms with Crippen LogP contribution in [0, 0.1) is 6.92 Å². The molecule has 0 aliphatic heterocycles. The van der Waals surface area contributed by atoms with Crippen molar-refractivity contribution in [2.75, 3.05) is 5.32 Å². The van der Waals surface area contributed by atoms with Gasteiger partial charge in [0.15, 0.2) is 5.52 Å². The summed E-state index contributed by atoms with van der Waals surface area (Å²) in [6.07, 6.45) is 0.933. The number of carbonyl (C=O) groups excluding carboxylic acids is 1. The zero-order valence-corrected chi connectivity index (χ0v) is 17.0. The second-order valence-electron chi connectivity index (χ2n) is 6.69. The van der Waals surface area contributed by atoms with Gasteiger partial charge < -0.3 is 5.32 Å². The first-order valence-electron chi connectivity index (χ1n) is 9.37. The summed E-state index contributed by atoms with van der Waals surface area (Å²) in [6, 6.07) is 17.3. The third kappa shape index (κ3) is 3.95. The van der Waals surface area contributed by atoms with Crippen LogP contribution in [0.1, 0.15) is 17.5 Å². The normalized spacial score (nSPS) is 11.0. The van der Waals surface area contributed by atoms with Crippen LogP contribution in [0.15, 0.2) is 59.4 Å². The molecule has 0 atom stereocenters. The van der Waals surface area contributed by atoms with Crippen LogP contribution < -0.4 is 10.9 Å². The van der Waals surface area contributed by atoms with E-state index in [1.165, 1.54) is 21.6 Å². The van der Waals surface area contributed by atoms with Crippen LogP contribution in [0.25, 0.3) is 21.5 Å². The molecule has 2 aromatic heterocycles. The molecule has 7 heteroatoms. The number of aryl methyl sites for hydroxylation is 2. The van der Waals surface area contributed by atoms with E-state index >= 15 is 0 Å². The molecule has 0 unspecified atom stereocenters. The highest BCUT2D eigenvalue weighted by Gasteiger charge is 2.17. The van der Waals surface area contributed by atoms with Crippen LogP contribution in [0.4, 0.5) is 5.69 Å². The topological polar surface area (TPSA) is 76.9 Å². The summed E-state index contributed by atoms with van der Waals surface area (Å²) < 4.78 is 1.94. The average Bonchev–Trinajstić information content (AvgIpc) is 3.13. The number of aromatic nitrogens is 3. The second-order valence-corrected chi connectivity index (χ2v) is 7.89. The lowest BCUT2D eigenvalue weighted by atomic mass is 10.1. The van der Waals surface area contributed by atoms with Crippen LogP contribution in [-0.2, 0) is 17.8 Å². The number of hydrogen-bond donors (Lipinski definition) is 1. The molecule has 0 aliphatic carbocycles. The number of anilines is 1. The number of benzene rings is 2. The van der Waals surface area contributed by atoms with Crippen molar-refractivity contribution < 1.29 is 4.79 Å². The molecule has 0 aliphatic rings. The monoisotopic (exact) mass is 404 g/mol. The van der Waals surface area contributed by atoms with Crippen LogP contribution in [0.2, 0.25) is 0 Å². The molecule has 4 aromatic rings. The van der Waals surface area contributed by atoms with Gasteiger partial charge in [-0.3, -0.25) is 9.59 Å². The summed E-state index contributed by atoms with van der Waals surface area (Å²) in [5.41, 5.74) is 3.41. The maximum absolute atomic E-state index is 12.9. The Labute approximate surface area is 171 Å². The van der Waals surface area contributed by atoms with E-state index in [0.29, 0.717) is 16.9 Å². The number of nitrogens with one attached hydrogen (secondary N) is 1. The third-order valence-corrected chi connectivity index (χ3v) is 5.57. The molecule has 0 radical (unpaired) electrons. The molecule has 0 fully saturated rings. The summed E-state index contributed by atoms with van der Waals surface area (Å²) in [5.74, 6) is -0.311. The largest absolute Gasteiger partial charge is 0.324 e. The first-order chi connectivity index (χ1) is 14.0. The minimum absolute atomic E-state index is 0.180. The van der Waals surface area contributed by atoms with Gasteiger partial charge in [-0.25, -0.2) is 9.67 Å². The van der Waals surface area contributed by atoms with Gasteiger partial charge in [-0.2, -0.15) is 5.10 Å². The fourth-order valence-electron chi connectivity index (χ4n) is 3.12. The number of amides is 1. The minimum Gasteiger partial charge on any atom is -0.324 e. The highest BCUT2D eigenvalue weighted by Crippen LogP contribution is 2.29. The van der Waals surface area contributed by atoms with Gasteiger partial charge in [0.05, 0.1) is 9.71 Å². The van der Waals surface area contributed by atoms with Crippen LogP contribution >= 0.6 is 11.3 Å². The van der Waals surface area contributed by atoms with Crippen molar-refractivity contribution in [2.24, 2.45) is 0 Å². The van der Waals surface area contributed by atoms with Gasteiger partial charge in [-0.05, 0) is 31.0 Å². The second kappa shape index (κ2) is 7.97. The van der Waals surface area contributed by atoms with Gasteiger partial charge >= 0.3 is 0 Å². The van der Waals surface area contributed by atoms with Crippen LogP contribution in [-0.4, -0.2) is 20.7 Å². The Morgan fingerprint density at radius 2 is 1.83 bits per heavy atom. The summed E-state index contributed by atoms with van der Waals surface area (Å²) in [4.78, 5) is 29.8. The number of hydrogen-bond acceptors (Lipinski definition) is 5. The molecule has 0 spiro atoms. The number of nitrogens with zero attached hydrogens (tertiary/aromatic N) is 3. The van der Waals surface area contributed by atoms with E-state index in [-0.39, 0.29) is 18.0 Å². The Morgan fingerprint density at radius 1 is 1.10 bits per heavy atom. The van der Waals surface area contributed by atoms with E-state index in [4.69, 9.17) is 0 Å². The predicted molar refractivity (Wildman–Crippen MR) is 116 cm³/mol. The highest BCUT2D eigenvalue weighted by atomic mass is 32.1. The van der Waals surface area contributed by atoms with Crippen molar-refractivity contribution in [1.29, 1.82) is 0 Å². The first-order valence-corrected chi connectivity index (χ1v) is 10.2. The lowest BCUT2D eigenvalue weighted by Gasteiger charge is -2.09. The quantitative estimate of drug-likeness (QED) is 0.545. The van der Waals surface area contributed by atoms with Gasteiger partial charge in [0.2, 0.25) is 5.91 Å². The van der Waals surface area contributed by atoms with E-state index in [2.05, 4.69) is 22.3 Å². The van der Waals surface area contributed by atoms with Gasteiger partial charge in [-0.1, -0.05) is 49.4 Å². The van der Waals surface area contributed by atoms with E-state index in [9.17, 15) is 9.59 Å². The first kappa shape index (κ1) is 19.0. The Balaban J connectivity index is 1.68. The minimum atomic E-state index is -0.361. The van der Waals surface area contributed by atoms with Crippen molar-refractivity contribution in [3.63, 3.8) is 0 Å². The van der Waals surface area contributed by atoms with Crippen LogP contribution in [0.3, 0.4) is 0 Å². The van der Waals surface area contributed by atoms with Crippen molar-refractivity contribution in [3.8, 4) is 11.3 Å². The fraction of sp³-hybridized carbons (Fsp3) is 0.182. The van der Waals surface area contributed by atoms with Gasteiger partial charge in [0, 0.05) is 11.3 Å². The lowest BCUT2D eigenvalue weighted by molar-refractivity contribution is -0.117. The molecule has 0 saturated heterocycles. The van der Waals surface area contributed by atoms with Crippen molar-refractivity contribution in [1.82, 2.24) is 14.8 Å². The molecule has 0 bridgehead atoms. The molecule has 2 aromatic carbocycles. The molecule has 6 nitrogen and oxygen atoms in total. The zero-order valence-electron chi connectivity index (χ0n) is 16.2. The maximum atomic E-state index is 12.9. The molecule has 146 valence electrons. The lowest BCUT2D eigenvalue weighted by Crippen LogP contribution is -2.30. The van der Waals surface area contributed by atoms with Crippen LogP contribution in [0.5, 0.6) is 0 Å². The van der Waals surface area contributed by atoms with Crippen molar-refractivity contribution in [3.05, 3.63) is 75.5 Å². The Hall–Kier alpha value is -3.32. The Kier molecular flexibility index (Phi) is 5.22. The van der Waals surface area contributed by atoms with E-state index in [1.807, 2.05) is 61.5 Å². The molecule has 4 rings (SSSR count). The standard InChI is InChI=1S/C22H20N4O2S/c1-3-15-9-11-17(12-10-15)24-18(27)13-26-22(28)20-21(29-14(2)23-20)19(25-26)16-7-5-4-6-8-16/h4-12H,3,13H2,1-2H3,(H,24,27). The molecular formula is C22H20N4O2S.